The first-order valence-electron chi connectivity index (χ1n) is 4.89. The molecule has 90 valence electrons. The Hall–Kier alpha value is -1.85. The molecule has 0 bridgehead atoms. The van der Waals surface area contributed by atoms with Gasteiger partial charge in [-0.25, -0.2) is 0 Å². The molecule has 3 nitrogen and oxygen atoms in total. The minimum Gasteiger partial charge on any atom is -0.341 e. The number of Topliss-reactive ketones (excluding diaryl/α,β-unsaturated/α-hetero) is 1. The van der Waals surface area contributed by atoms with Crippen molar-refractivity contribution in [2.24, 2.45) is 0 Å². The van der Waals surface area contributed by atoms with Gasteiger partial charge >= 0.3 is 12.1 Å². The number of hydrogen-bond acceptors (Lipinski definition) is 2. The van der Waals surface area contributed by atoms with Gasteiger partial charge in [-0.3, -0.25) is 9.59 Å². The van der Waals surface area contributed by atoms with Gasteiger partial charge in [0.15, 0.2) is 5.78 Å². The Morgan fingerprint density at radius 2 is 1.94 bits per heavy atom. The minimum absolute atomic E-state index is 0.124. The van der Waals surface area contributed by atoms with Crippen LogP contribution in [0.3, 0.4) is 0 Å². The second kappa shape index (κ2) is 3.87. The van der Waals surface area contributed by atoms with Gasteiger partial charge in [0.25, 0.3) is 0 Å². The Morgan fingerprint density at radius 1 is 1.29 bits per heavy atom. The summed E-state index contributed by atoms with van der Waals surface area (Å²) in [5, 5.41) is 1.82. The molecule has 1 aliphatic rings. The molecule has 2 rings (SSSR count). The van der Waals surface area contributed by atoms with Gasteiger partial charge in [-0.2, -0.15) is 13.2 Å². The number of hydrogen-bond donors (Lipinski definition) is 1. The maximum absolute atomic E-state index is 12.1. The molecule has 0 spiro atoms. The lowest BCUT2D eigenvalue weighted by atomic mass is 10.1. The van der Waals surface area contributed by atoms with E-state index in [4.69, 9.17) is 0 Å². The Balaban J connectivity index is 2.21. The van der Waals surface area contributed by atoms with Crippen LogP contribution in [0.5, 0.6) is 0 Å². The Bertz CT molecular complexity index is 482. The molecule has 0 fully saturated rings. The van der Waals surface area contributed by atoms with Crippen molar-refractivity contribution in [3.63, 3.8) is 0 Å². The van der Waals surface area contributed by atoms with Crippen molar-refractivity contribution in [2.75, 3.05) is 0 Å². The summed E-state index contributed by atoms with van der Waals surface area (Å²) in [6.45, 7) is 0. The highest BCUT2D eigenvalue weighted by molar-refractivity contribution is 6.01. The highest BCUT2D eigenvalue weighted by Crippen LogP contribution is 2.31. The quantitative estimate of drug-likeness (QED) is 0.819. The summed E-state index contributed by atoms with van der Waals surface area (Å²) in [4.78, 5) is 22.3. The van der Waals surface area contributed by atoms with Crippen LogP contribution in [0.4, 0.5) is 13.2 Å². The standard InChI is InChI=1S/C11H8F3NO2/c12-11(13,14)10(17)15-8-5-9(16)7-4-2-1-3-6(7)8/h1-4,8H,5H2,(H,15,17)/t8-/m1/s1. The van der Waals surface area contributed by atoms with Gasteiger partial charge in [0.05, 0.1) is 6.04 Å². The number of benzene rings is 1. The van der Waals surface area contributed by atoms with Crippen LogP contribution in [0.15, 0.2) is 24.3 Å². The number of carbonyl (C=O) groups is 2. The summed E-state index contributed by atoms with van der Waals surface area (Å²) in [7, 11) is 0. The smallest absolute Gasteiger partial charge is 0.341 e. The molecule has 0 radical (unpaired) electrons. The molecular formula is C11H8F3NO2. The maximum atomic E-state index is 12.1. The average molecular weight is 243 g/mol. The molecule has 0 saturated carbocycles. The van der Waals surface area contributed by atoms with Crippen LogP contribution >= 0.6 is 0 Å². The van der Waals surface area contributed by atoms with Gasteiger partial charge in [0.1, 0.15) is 0 Å². The molecule has 1 N–H and O–H groups in total. The zero-order valence-electron chi connectivity index (χ0n) is 8.54. The fourth-order valence-electron chi connectivity index (χ4n) is 1.83. The topological polar surface area (TPSA) is 46.2 Å². The molecule has 17 heavy (non-hydrogen) atoms. The molecular weight excluding hydrogens is 235 g/mol. The lowest BCUT2D eigenvalue weighted by molar-refractivity contribution is -0.174. The van der Waals surface area contributed by atoms with Crippen LogP contribution in [-0.2, 0) is 4.79 Å². The van der Waals surface area contributed by atoms with E-state index in [1.54, 1.807) is 18.2 Å². The zero-order chi connectivity index (χ0) is 12.6. The van der Waals surface area contributed by atoms with Gasteiger partial charge in [0, 0.05) is 12.0 Å². The fourth-order valence-corrected chi connectivity index (χ4v) is 1.83. The molecule has 6 heteroatoms. The lowest BCUT2D eigenvalue weighted by Gasteiger charge is -2.14. The first-order valence-corrected chi connectivity index (χ1v) is 4.89. The van der Waals surface area contributed by atoms with Crippen LogP contribution in [-0.4, -0.2) is 17.9 Å². The SMILES string of the molecule is O=C1C[C@@H](NC(=O)C(F)(F)F)c2ccccc21. The van der Waals surface area contributed by atoms with E-state index in [0.717, 1.165) is 0 Å². The van der Waals surface area contributed by atoms with E-state index < -0.39 is 18.1 Å². The summed E-state index contributed by atoms with van der Waals surface area (Å²) in [5.41, 5.74) is 0.815. The Labute approximate surface area is 94.6 Å². The zero-order valence-corrected chi connectivity index (χ0v) is 8.54. The average Bonchev–Trinajstić information content (AvgIpc) is 2.56. The van der Waals surface area contributed by atoms with Gasteiger partial charge < -0.3 is 5.32 Å². The lowest BCUT2D eigenvalue weighted by Crippen LogP contribution is -2.38. The Morgan fingerprint density at radius 3 is 2.59 bits per heavy atom. The van der Waals surface area contributed by atoms with Gasteiger partial charge in [-0.1, -0.05) is 24.3 Å². The van der Waals surface area contributed by atoms with Crippen molar-refractivity contribution in [1.29, 1.82) is 0 Å². The second-order valence-electron chi connectivity index (χ2n) is 3.74. The van der Waals surface area contributed by atoms with E-state index in [0.29, 0.717) is 11.1 Å². The molecule has 0 aliphatic heterocycles. The predicted octanol–water partition coefficient (Wildman–Crippen LogP) is 1.99. The van der Waals surface area contributed by atoms with Gasteiger partial charge in [-0.15, -0.1) is 0 Å². The molecule has 1 atom stereocenters. The van der Waals surface area contributed by atoms with E-state index in [1.807, 2.05) is 5.32 Å². The van der Waals surface area contributed by atoms with Gasteiger partial charge in [-0.05, 0) is 5.56 Å². The first-order chi connectivity index (χ1) is 7.89. The van der Waals surface area contributed by atoms with Crippen molar-refractivity contribution < 1.29 is 22.8 Å². The molecule has 1 amide bonds. The number of rotatable bonds is 1. The maximum Gasteiger partial charge on any atom is 0.471 e. The third-order valence-corrected chi connectivity index (χ3v) is 2.59. The summed E-state index contributed by atoms with van der Waals surface area (Å²) >= 11 is 0. The van der Waals surface area contributed by atoms with Crippen LogP contribution in [0.1, 0.15) is 28.4 Å². The van der Waals surface area contributed by atoms with E-state index in [-0.39, 0.29) is 12.2 Å². The van der Waals surface area contributed by atoms with Gasteiger partial charge in [0.2, 0.25) is 0 Å². The fraction of sp³-hybridized carbons (Fsp3) is 0.273. The third kappa shape index (κ3) is 2.15. The summed E-state index contributed by atoms with van der Waals surface area (Å²) in [6.07, 6.45) is -5.05. The van der Waals surface area contributed by atoms with E-state index >= 15 is 0 Å². The van der Waals surface area contributed by atoms with Crippen LogP contribution in [0.25, 0.3) is 0 Å². The Kier molecular flexibility index (Phi) is 2.65. The minimum atomic E-state index is -4.93. The number of fused-ring (bicyclic) bond motifs is 1. The number of halogens is 3. The van der Waals surface area contributed by atoms with Crippen molar-refractivity contribution in [2.45, 2.75) is 18.6 Å². The van der Waals surface area contributed by atoms with E-state index in [1.165, 1.54) is 6.07 Å². The monoisotopic (exact) mass is 243 g/mol. The van der Waals surface area contributed by atoms with Crippen molar-refractivity contribution in [3.05, 3.63) is 35.4 Å². The highest BCUT2D eigenvalue weighted by atomic mass is 19.4. The molecule has 0 aromatic heterocycles. The molecule has 1 aliphatic carbocycles. The number of ketones is 1. The van der Waals surface area contributed by atoms with Crippen molar-refractivity contribution in [1.82, 2.24) is 5.32 Å². The largest absolute Gasteiger partial charge is 0.471 e. The number of alkyl halides is 3. The molecule has 1 aromatic rings. The summed E-state index contributed by atoms with van der Waals surface area (Å²) in [5.74, 6) is -2.28. The summed E-state index contributed by atoms with van der Waals surface area (Å²) < 4.78 is 36.2. The number of nitrogens with one attached hydrogen (secondary N) is 1. The molecule has 0 saturated heterocycles. The van der Waals surface area contributed by atoms with Crippen molar-refractivity contribution >= 4 is 11.7 Å². The normalized spacial score (nSPS) is 19.0. The highest BCUT2D eigenvalue weighted by Gasteiger charge is 2.41. The second-order valence-corrected chi connectivity index (χ2v) is 3.74. The summed E-state index contributed by atoms with van der Waals surface area (Å²) in [6, 6.07) is 5.45. The third-order valence-electron chi connectivity index (χ3n) is 2.59. The molecule has 0 heterocycles. The van der Waals surface area contributed by atoms with E-state index in [2.05, 4.69) is 0 Å². The van der Waals surface area contributed by atoms with Crippen molar-refractivity contribution in [3.8, 4) is 0 Å². The van der Waals surface area contributed by atoms with Crippen LogP contribution < -0.4 is 5.32 Å². The first kappa shape index (κ1) is 11.6. The van der Waals surface area contributed by atoms with Crippen LogP contribution in [0, 0.1) is 0 Å². The molecule has 0 unspecified atom stereocenters. The van der Waals surface area contributed by atoms with Crippen LogP contribution in [0.2, 0.25) is 0 Å². The molecule has 1 aromatic carbocycles. The number of carbonyl (C=O) groups excluding carboxylic acids is 2. The van der Waals surface area contributed by atoms with E-state index in [9.17, 15) is 22.8 Å². The predicted molar refractivity (Wildman–Crippen MR) is 52.3 cm³/mol. The number of amides is 1.